The van der Waals surface area contributed by atoms with Crippen molar-refractivity contribution in [1.29, 1.82) is 0 Å². The number of pyridine rings is 1. The maximum absolute atomic E-state index is 12.3. The molecule has 0 atom stereocenters. The van der Waals surface area contributed by atoms with Crippen LogP contribution in [-0.2, 0) is 23.1 Å². The third-order valence-electron chi connectivity index (χ3n) is 2.97. The van der Waals surface area contributed by atoms with Crippen LogP contribution in [0.5, 0.6) is 0 Å². The molecule has 0 unspecified atom stereocenters. The lowest BCUT2D eigenvalue weighted by Gasteiger charge is -2.09. The van der Waals surface area contributed by atoms with E-state index in [9.17, 15) is 14.4 Å². The Bertz CT molecular complexity index is 794. The summed E-state index contributed by atoms with van der Waals surface area (Å²) < 4.78 is 6.77. The number of carbonyl (C=O) groups excluding carboxylic acids is 1. The van der Waals surface area contributed by atoms with E-state index in [0.29, 0.717) is 5.52 Å². The van der Waals surface area contributed by atoms with Crippen molar-refractivity contribution in [2.75, 3.05) is 7.11 Å². The van der Waals surface area contributed by atoms with Crippen molar-refractivity contribution in [2.45, 2.75) is 13.0 Å². The first-order valence-electron chi connectivity index (χ1n) is 5.77. The van der Waals surface area contributed by atoms with E-state index in [1.807, 2.05) is 0 Å². The molecule has 0 N–H and O–H groups in total. The molecule has 106 valence electrons. The zero-order chi connectivity index (χ0) is 14.9. The molecule has 2 aromatic rings. The summed E-state index contributed by atoms with van der Waals surface area (Å²) in [6.07, 6.45) is 1.31. The van der Waals surface area contributed by atoms with Gasteiger partial charge in [-0.1, -0.05) is 11.6 Å². The van der Waals surface area contributed by atoms with Gasteiger partial charge in [0.15, 0.2) is 0 Å². The number of rotatable bonds is 3. The number of methoxy groups -OCH3 is 1. The van der Waals surface area contributed by atoms with E-state index in [0.717, 1.165) is 4.57 Å². The minimum absolute atomic E-state index is 0.0476. The Morgan fingerprint density at radius 3 is 2.80 bits per heavy atom. The molecule has 7 nitrogen and oxygen atoms in total. The fraction of sp³-hybridized carbons (Fsp3) is 0.333. The summed E-state index contributed by atoms with van der Waals surface area (Å²) in [6, 6.07) is 1.40. The first-order valence-corrected chi connectivity index (χ1v) is 6.15. The third kappa shape index (κ3) is 2.44. The fourth-order valence-corrected chi connectivity index (χ4v) is 2.04. The van der Waals surface area contributed by atoms with E-state index < -0.39 is 17.2 Å². The van der Waals surface area contributed by atoms with Gasteiger partial charge in [0.25, 0.3) is 5.56 Å². The summed E-state index contributed by atoms with van der Waals surface area (Å²) in [5, 5.41) is 0.435. The first-order chi connectivity index (χ1) is 9.45. The molecule has 0 aliphatic heterocycles. The molecule has 0 saturated heterocycles. The normalized spacial score (nSPS) is 10.8. The monoisotopic (exact) mass is 297 g/mol. The predicted octanol–water partition coefficient (Wildman–Crippen LogP) is 0.312. The van der Waals surface area contributed by atoms with Gasteiger partial charge in [-0.2, -0.15) is 0 Å². The minimum atomic E-state index is -0.518. The zero-order valence-electron chi connectivity index (χ0n) is 10.9. The smallest absolute Gasteiger partial charge is 0.331 e. The third-order valence-corrected chi connectivity index (χ3v) is 3.18. The average Bonchev–Trinajstić information content (AvgIpc) is 2.44. The van der Waals surface area contributed by atoms with Crippen LogP contribution >= 0.6 is 11.6 Å². The molecule has 20 heavy (non-hydrogen) atoms. The van der Waals surface area contributed by atoms with Crippen molar-refractivity contribution < 1.29 is 9.53 Å². The van der Waals surface area contributed by atoms with E-state index in [4.69, 9.17) is 11.6 Å². The van der Waals surface area contributed by atoms with Crippen molar-refractivity contribution >= 4 is 28.5 Å². The van der Waals surface area contributed by atoms with Crippen LogP contribution in [-0.4, -0.2) is 27.2 Å². The summed E-state index contributed by atoms with van der Waals surface area (Å²) in [5.74, 6) is -0.494. The number of esters is 1. The number of nitrogens with zero attached hydrogens (tertiary/aromatic N) is 3. The molecule has 2 heterocycles. The van der Waals surface area contributed by atoms with Crippen molar-refractivity contribution in [1.82, 2.24) is 14.1 Å². The second kappa shape index (κ2) is 5.46. The topological polar surface area (TPSA) is 83.2 Å². The number of hydrogen-bond acceptors (Lipinski definition) is 5. The molecule has 0 aliphatic rings. The lowest BCUT2D eigenvalue weighted by Crippen LogP contribution is -2.39. The lowest BCUT2D eigenvalue weighted by atomic mass is 10.3. The summed E-state index contributed by atoms with van der Waals surface area (Å²) >= 11 is 5.76. The van der Waals surface area contributed by atoms with Crippen LogP contribution in [0.3, 0.4) is 0 Å². The van der Waals surface area contributed by atoms with Gasteiger partial charge >= 0.3 is 11.7 Å². The van der Waals surface area contributed by atoms with Gasteiger partial charge in [-0.05, 0) is 6.07 Å². The second-order valence-corrected chi connectivity index (χ2v) is 4.54. The van der Waals surface area contributed by atoms with E-state index in [1.165, 1.54) is 31.0 Å². The van der Waals surface area contributed by atoms with Crippen LogP contribution in [0.1, 0.15) is 6.42 Å². The van der Waals surface area contributed by atoms with Gasteiger partial charge in [0.2, 0.25) is 0 Å². The molecule has 0 bridgehead atoms. The Kier molecular flexibility index (Phi) is 3.89. The Morgan fingerprint density at radius 1 is 1.45 bits per heavy atom. The Hall–Kier alpha value is -2.15. The van der Waals surface area contributed by atoms with Gasteiger partial charge in [-0.3, -0.25) is 18.7 Å². The van der Waals surface area contributed by atoms with Gasteiger partial charge in [0.1, 0.15) is 5.15 Å². The van der Waals surface area contributed by atoms with E-state index in [2.05, 4.69) is 9.72 Å². The number of halogens is 1. The fourth-order valence-electron chi connectivity index (χ4n) is 1.88. The van der Waals surface area contributed by atoms with Crippen molar-refractivity contribution in [3.8, 4) is 0 Å². The van der Waals surface area contributed by atoms with E-state index >= 15 is 0 Å². The molecule has 2 rings (SSSR count). The molecular formula is C12H12ClN3O4. The molecular weight excluding hydrogens is 286 g/mol. The highest BCUT2D eigenvalue weighted by Crippen LogP contribution is 2.11. The molecule has 2 aromatic heterocycles. The van der Waals surface area contributed by atoms with Gasteiger partial charge in [-0.15, -0.1) is 0 Å². The van der Waals surface area contributed by atoms with Crippen LogP contribution in [0, 0.1) is 0 Å². The van der Waals surface area contributed by atoms with Gasteiger partial charge < -0.3 is 4.74 Å². The molecule has 0 saturated carbocycles. The van der Waals surface area contributed by atoms with Crippen LogP contribution in [0.2, 0.25) is 5.15 Å². The Morgan fingerprint density at radius 2 is 2.15 bits per heavy atom. The van der Waals surface area contributed by atoms with Crippen LogP contribution < -0.4 is 11.2 Å². The van der Waals surface area contributed by atoms with E-state index in [1.54, 1.807) is 0 Å². The molecule has 0 aromatic carbocycles. The Balaban J connectivity index is 2.63. The standard InChI is InChI=1S/C12H12ClN3O4/c1-15-8-6-14-9(13)5-7(8)11(18)16(12(15)19)4-3-10(17)20-2/h5-6H,3-4H2,1-2H3. The largest absolute Gasteiger partial charge is 0.469 e. The maximum Gasteiger partial charge on any atom is 0.331 e. The van der Waals surface area contributed by atoms with Gasteiger partial charge in [0, 0.05) is 13.6 Å². The molecule has 0 amide bonds. The van der Waals surface area contributed by atoms with Crippen LogP contribution in [0.25, 0.3) is 10.9 Å². The number of aromatic nitrogens is 3. The molecule has 0 aliphatic carbocycles. The maximum atomic E-state index is 12.3. The number of ether oxygens (including phenoxy) is 1. The van der Waals surface area contributed by atoms with E-state index in [-0.39, 0.29) is 23.5 Å². The van der Waals surface area contributed by atoms with Gasteiger partial charge in [-0.25, -0.2) is 9.78 Å². The highest BCUT2D eigenvalue weighted by Gasteiger charge is 2.13. The highest BCUT2D eigenvalue weighted by atomic mass is 35.5. The second-order valence-electron chi connectivity index (χ2n) is 4.15. The molecule has 0 radical (unpaired) electrons. The molecule has 8 heteroatoms. The lowest BCUT2D eigenvalue weighted by molar-refractivity contribution is -0.140. The number of carbonyl (C=O) groups is 1. The summed E-state index contributed by atoms with van der Waals surface area (Å²) in [6.45, 7) is -0.0476. The van der Waals surface area contributed by atoms with Crippen molar-refractivity contribution in [3.63, 3.8) is 0 Å². The highest BCUT2D eigenvalue weighted by molar-refractivity contribution is 6.30. The summed E-state index contributed by atoms with van der Waals surface area (Å²) in [5.41, 5.74) is -0.634. The zero-order valence-corrected chi connectivity index (χ0v) is 11.7. The quantitative estimate of drug-likeness (QED) is 0.601. The SMILES string of the molecule is COC(=O)CCn1c(=O)c2cc(Cl)ncc2n(C)c1=O. The Labute approximate surface area is 118 Å². The minimum Gasteiger partial charge on any atom is -0.469 e. The van der Waals surface area contributed by atoms with Gasteiger partial charge in [0.05, 0.1) is 30.6 Å². The average molecular weight is 298 g/mol. The number of aryl methyl sites for hydroxylation is 1. The van der Waals surface area contributed by atoms with Crippen molar-refractivity contribution in [2.24, 2.45) is 7.05 Å². The molecule has 0 fully saturated rings. The summed E-state index contributed by atoms with van der Waals surface area (Å²) in [4.78, 5) is 39.4. The first kappa shape index (κ1) is 14.3. The van der Waals surface area contributed by atoms with Crippen molar-refractivity contribution in [3.05, 3.63) is 38.3 Å². The summed E-state index contributed by atoms with van der Waals surface area (Å²) in [7, 11) is 2.77. The van der Waals surface area contributed by atoms with Crippen LogP contribution in [0.15, 0.2) is 21.9 Å². The van der Waals surface area contributed by atoms with Crippen LogP contribution in [0.4, 0.5) is 0 Å². The predicted molar refractivity (Wildman–Crippen MR) is 72.9 cm³/mol. The number of hydrogen-bond donors (Lipinski definition) is 0. The number of fused-ring (bicyclic) bond motifs is 1. The molecule has 0 spiro atoms.